The number of nitrogens with one attached hydrogen (secondary N) is 1. The summed E-state index contributed by atoms with van der Waals surface area (Å²) in [6.07, 6.45) is 3.70. The van der Waals surface area contributed by atoms with Gasteiger partial charge in [0.25, 0.3) is 0 Å². The van der Waals surface area contributed by atoms with Crippen molar-refractivity contribution in [2.24, 2.45) is 5.41 Å². The SMILES string of the molecule is CCCC1(C(=O)N2CCN(C)C(=O)C2(C)C)CCNCC1. The van der Waals surface area contributed by atoms with Gasteiger partial charge >= 0.3 is 0 Å². The normalized spacial score (nSPS) is 25.0. The molecule has 2 saturated heterocycles. The number of hydrogen-bond acceptors (Lipinski definition) is 3. The minimum absolute atomic E-state index is 0.0442. The number of piperidine rings is 1. The molecule has 21 heavy (non-hydrogen) atoms. The van der Waals surface area contributed by atoms with Gasteiger partial charge in [-0.2, -0.15) is 0 Å². The first-order chi connectivity index (χ1) is 9.85. The van der Waals surface area contributed by atoms with Crippen LogP contribution in [0.3, 0.4) is 0 Å². The first-order valence-corrected chi connectivity index (χ1v) is 8.13. The molecule has 0 bridgehead atoms. The summed E-state index contributed by atoms with van der Waals surface area (Å²) in [5.41, 5.74) is -0.997. The first-order valence-electron chi connectivity index (χ1n) is 8.13. The fourth-order valence-corrected chi connectivity index (χ4v) is 3.81. The number of carbonyl (C=O) groups is 2. The summed E-state index contributed by atoms with van der Waals surface area (Å²) in [6.45, 7) is 8.97. The maximum atomic E-state index is 13.3. The zero-order chi connectivity index (χ0) is 15.7. The smallest absolute Gasteiger partial charge is 0.247 e. The highest BCUT2D eigenvalue weighted by Crippen LogP contribution is 2.38. The highest BCUT2D eigenvalue weighted by atomic mass is 16.2. The van der Waals surface area contributed by atoms with Crippen molar-refractivity contribution in [3.8, 4) is 0 Å². The lowest BCUT2D eigenvalue weighted by molar-refractivity contribution is -0.164. The molecule has 0 atom stereocenters. The Morgan fingerprint density at radius 2 is 1.86 bits per heavy atom. The van der Waals surface area contributed by atoms with Gasteiger partial charge in [0.2, 0.25) is 11.8 Å². The average molecular weight is 295 g/mol. The Morgan fingerprint density at radius 3 is 2.43 bits per heavy atom. The molecule has 0 aliphatic carbocycles. The van der Waals surface area contributed by atoms with Crippen molar-refractivity contribution in [3.63, 3.8) is 0 Å². The van der Waals surface area contributed by atoms with Gasteiger partial charge in [-0.25, -0.2) is 0 Å². The molecular formula is C16H29N3O2. The summed E-state index contributed by atoms with van der Waals surface area (Å²) in [5.74, 6) is 0.236. The summed E-state index contributed by atoms with van der Waals surface area (Å²) >= 11 is 0. The average Bonchev–Trinajstić information content (AvgIpc) is 2.46. The van der Waals surface area contributed by atoms with E-state index >= 15 is 0 Å². The third-order valence-electron chi connectivity index (χ3n) is 5.19. The van der Waals surface area contributed by atoms with Crippen LogP contribution in [0.1, 0.15) is 46.5 Å². The third-order valence-corrected chi connectivity index (χ3v) is 5.19. The number of carbonyl (C=O) groups excluding carboxylic acids is 2. The number of nitrogens with zero attached hydrogens (tertiary/aromatic N) is 2. The molecule has 2 fully saturated rings. The third kappa shape index (κ3) is 2.80. The molecule has 0 aromatic heterocycles. The Hall–Kier alpha value is -1.10. The van der Waals surface area contributed by atoms with Gasteiger partial charge in [0.1, 0.15) is 5.54 Å². The predicted molar refractivity (Wildman–Crippen MR) is 82.9 cm³/mol. The number of piperazine rings is 1. The Morgan fingerprint density at radius 1 is 1.24 bits per heavy atom. The summed E-state index contributed by atoms with van der Waals surface area (Å²) in [6, 6.07) is 0. The Bertz CT molecular complexity index is 408. The molecule has 0 saturated carbocycles. The van der Waals surface area contributed by atoms with Crippen molar-refractivity contribution in [2.45, 2.75) is 52.0 Å². The molecule has 2 amide bonds. The summed E-state index contributed by atoms with van der Waals surface area (Å²) in [5, 5.41) is 3.35. The number of hydrogen-bond donors (Lipinski definition) is 1. The molecule has 0 radical (unpaired) electrons. The van der Waals surface area contributed by atoms with Gasteiger partial charge in [-0.15, -0.1) is 0 Å². The van der Waals surface area contributed by atoms with Crippen molar-refractivity contribution < 1.29 is 9.59 Å². The number of rotatable bonds is 3. The van der Waals surface area contributed by atoms with Gasteiger partial charge in [-0.1, -0.05) is 13.3 Å². The molecule has 2 heterocycles. The summed E-state index contributed by atoms with van der Waals surface area (Å²) in [4.78, 5) is 29.3. The van der Waals surface area contributed by atoms with E-state index in [1.54, 1.807) is 4.90 Å². The van der Waals surface area contributed by atoms with Gasteiger partial charge in [-0.3, -0.25) is 9.59 Å². The van der Waals surface area contributed by atoms with Gasteiger partial charge in [0.05, 0.1) is 5.41 Å². The Balaban J connectivity index is 2.26. The van der Waals surface area contributed by atoms with Crippen LogP contribution in [0.2, 0.25) is 0 Å². The highest BCUT2D eigenvalue weighted by Gasteiger charge is 2.49. The van der Waals surface area contributed by atoms with Crippen LogP contribution in [0.4, 0.5) is 0 Å². The standard InChI is InChI=1S/C16H29N3O2/c1-5-6-16(7-9-17-10-8-16)14(21)19-12-11-18(4)13(20)15(19,2)3/h17H,5-12H2,1-4H3. The molecular weight excluding hydrogens is 266 g/mol. The van der Waals surface area contributed by atoms with Crippen molar-refractivity contribution >= 4 is 11.8 Å². The molecule has 0 aromatic rings. The Labute approximate surface area is 128 Å². The van der Waals surface area contributed by atoms with Crippen molar-refractivity contribution in [2.75, 3.05) is 33.2 Å². The van der Waals surface area contributed by atoms with E-state index in [0.29, 0.717) is 13.1 Å². The molecule has 0 unspecified atom stereocenters. The van der Waals surface area contributed by atoms with Crippen molar-refractivity contribution in [1.29, 1.82) is 0 Å². The lowest BCUT2D eigenvalue weighted by Gasteiger charge is -2.49. The van der Waals surface area contributed by atoms with Gasteiger partial charge < -0.3 is 15.1 Å². The van der Waals surface area contributed by atoms with Gasteiger partial charge in [0.15, 0.2) is 0 Å². The highest BCUT2D eigenvalue weighted by molar-refractivity contribution is 5.93. The topological polar surface area (TPSA) is 52.7 Å². The minimum atomic E-state index is -0.726. The predicted octanol–water partition coefficient (Wildman–Crippen LogP) is 1.24. The van der Waals surface area contributed by atoms with Crippen LogP contribution in [0.15, 0.2) is 0 Å². The lowest BCUT2D eigenvalue weighted by Crippen LogP contribution is -2.66. The van der Waals surface area contributed by atoms with E-state index in [1.165, 1.54) is 0 Å². The monoisotopic (exact) mass is 295 g/mol. The second-order valence-electron chi connectivity index (χ2n) is 7.02. The zero-order valence-electron chi connectivity index (χ0n) is 13.9. The van der Waals surface area contributed by atoms with Crippen LogP contribution in [0.25, 0.3) is 0 Å². The van der Waals surface area contributed by atoms with E-state index < -0.39 is 5.54 Å². The first kappa shape index (κ1) is 16.3. The van der Waals surface area contributed by atoms with E-state index in [4.69, 9.17) is 0 Å². The zero-order valence-corrected chi connectivity index (χ0v) is 13.9. The largest absolute Gasteiger partial charge is 0.342 e. The molecule has 0 aromatic carbocycles. The van der Waals surface area contributed by atoms with Crippen molar-refractivity contribution in [1.82, 2.24) is 15.1 Å². The molecule has 2 rings (SSSR count). The van der Waals surface area contributed by atoms with E-state index in [-0.39, 0.29) is 17.2 Å². The quantitative estimate of drug-likeness (QED) is 0.852. The summed E-state index contributed by atoms with van der Waals surface area (Å²) in [7, 11) is 1.82. The number of likely N-dealkylation sites (N-methyl/N-ethyl adjacent to an activating group) is 1. The molecule has 5 heteroatoms. The fraction of sp³-hybridized carbons (Fsp3) is 0.875. The maximum absolute atomic E-state index is 13.3. The lowest BCUT2D eigenvalue weighted by atomic mass is 9.73. The minimum Gasteiger partial charge on any atom is -0.342 e. The molecule has 120 valence electrons. The second kappa shape index (κ2) is 5.95. The van der Waals surface area contributed by atoms with E-state index in [9.17, 15) is 9.59 Å². The molecule has 2 aliphatic heterocycles. The molecule has 2 aliphatic rings. The van der Waals surface area contributed by atoms with Crippen molar-refractivity contribution in [3.05, 3.63) is 0 Å². The second-order valence-corrected chi connectivity index (χ2v) is 7.02. The van der Waals surface area contributed by atoms with E-state index in [1.807, 2.05) is 25.8 Å². The Kier molecular flexibility index (Phi) is 4.61. The van der Waals surface area contributed by atoms with Crippen LogP contribution in [0.5, 0.6) is 0 Å². The van der Waals surface area contributed by atoms with Crippen LogP contribution in [-0.2, 0) is 9.59 Å². The molecule has 1 N–H and O–H groups in total. The molecule has 5 nitrogen and oxygen atoms in total. The van der Waals surface area contributed by atoms with Gasteiger partial charge in [-0.05, 0) is 46.2 Å². The van der Waals surface area contributed by atoms with Crippen LogP contribution in [0, 0.1) is 5.41 Å². The maximum Gasteiger partial charge on any atom is 0.247 e. The van der Waals surface area contributed by atoms with Crippen LogP contribution < -0.4 is 5.32 Å². The van der Waals surface area contributed by atoms with Crippen LogP contribution in [-0.4, -0.2) is 60.4 Å². The van der Waals surface area contributed by atoms with Gasteiger partial charge in [0, 0.05) is 20.1 Å². The van der Waals surface area contributed by atoms with Crippen LogP contribution >= 0.6 is 0 Å². The van der Waals surface area contributed by atoms with E-state index in [0.717, 1.165) is 38.8 Å². The fourth-order valence-electron chi connectivity index (χ4n) is 3.81. The molecule has 0 spiro atoms. The van der Waals surface area contributed by atoms with E-state index in [2.05, 4.69) is 12.2 Å². The summed E-state index contributed by atoms with van der Waals surface area (Å²) < 4.78 is 0. The number of amides is 2.